The minimum Gasteiger partial charge on any atom is -0.347 e. The van der Waals surface area contributed by atoms with E-state index in [4.69, 9.17) is 11.6 Å². The second-order valence-corrected chi connectivity index (χ2v) is 7.65. The number of hydrogen-bond acceptors (Lipinski definition) is 5. The first-order valence-corrected chi connectivity index (χ1v) is 9.02. The molecule has 1 aromatic heterocycles. The van der Waals surface area contributed by atoms with Gasteiger partial charge in [-0.25, -0.2) is 23.1 Å². The molecule has 0 unspecified atom stereocenters. The predicted molar refractivity (Wildman–Crippen MR) is 92.0 cm³/mol. The lowest BCUT2D eigenvalue weighted by Gasteiger charge is -2.13. The lowest BCUT2D eigenvalue weighted by atomic mass is 10.2. The van der Waals surface area contributed by atoms with E-state index in [-0.39, 0.29) is 12.3 Å². The number of halogens is 1. The lowest BCUT2D eigenvalue weighted by molar-refractivity contribution is 0.579. The molecular formula is C15H19ClN4O2S. The van der Waals surface area contributed by atoms with Crippen molar-refractivity contribution in [2.75, 3.05) is 19.0 Å². The largest absolute Gasteiger partial charge is 0.347 e. The molecule has 0 saturated heterocycles. The van der Waals surface area contributed by atoms with Crippen molar-refractivity contribution >= 4 is 27.6 Å². The zero-order chi connectivity index (χ0) is 17.0. The fraction of sp³-hybridized carbons (Fsp3) is 0.333. The highest BCUT2D eigenvalue weighted by atomic mass is 35.5. The van der Waals surface area contributed by atoms with E-state index in [9.17, 15) is 8.42 Å². The molecule has 0 saturated carbocycles. The van der Waals surface area contributed by atoms with Crippen molar-refractivity contribution in [3.63, 3.8) is 0 Å². The molecule has 0 fully saturated rings. The van der Waals surface area contributed by atoms with Gasteiger partial charge in [-0.15, -0.1) is 0 Å². The third-order valence-electron chi connectivity index (χ3n) is 3.01. The van der Waals surface area contributed by atoms with Crippen LogP contribution in [0.4, 0.5) is 5.95 Å². The predicted octanol–water partition coefficient (Wildman–Crippen LogP) is 2.12. The topological polar surface area (TPSA) is 75.2 Å². The average molecular weight is 355 g/mol. The van der Waals surface area contributed by atoms with E-state index >= 15 is 0 Å². The number of rotatable bonds is 6. The van der Waals surface area contributed by atoms with E-state index in [0.29, 0.717) is 22.2 Å². The molecule has 2 rings (SSSR count). The molecule has 23 heavy (non-hydrogen) atoms. The standard InChI is InChI=1S/C15H19ClN4O2S/c1-11-7-14(19-15(18-11)20(2)3)9-17-23(21,22)10-12-5-4-6-13(16)8-12/h4-8,17H,9-10H2,1-3H3. The summed E-state index contributed by atoms with van der Waals surface area (Å²) < 4.78 is 26.9. The number of nitrogens with one attached hydrogen (secondary N) is 1. The third-order valence-corrected chi connectivity index (χ3v) is 4.55. The first-order chi connectivity index (χ1) is 10.7. The molecule has 1 heterocycles. The van der Waals surface area contributed by atoms with Gasteiger partial charge < -0.3 is 4.90 Å². The van der Waals surface area contributed by atoms with Gasteiger partial charge in [-0.3, -0.25) is 0 Å². The summed E-state index contributed by atoms with van der Waals surface area (Å²) >= 11 is 5.87. The van der Waals surface area contributed by atoms with Crippen molar-refractivity contribution < 1.29 is 8.42 Å². The molecular weight excluding hydrogens is 336 g/mol. The first-order valence-electron chi connectivity index (χ1n) is 6.99. The zero-order valence-electron chi connectivity index (χ0n) is 13.2. The SMILES string of the molecule is Cc1cc(CNS(=O)(=O)Cc2cccc(Cl)c2)nc(N(C)C)n1. The molecule has 0 bridgehead atoms. The summed E-state index contributed by atoms with van der Waals surface area (Å²) in [6, 6.07) is 8.56. The van der Waals surface area contributed by atoms with Crippen molar-refractivity contribution in [3.8, 4) is 0 Å². The number of sulfonamides is 1. The Balaban J connectivity index is 2.07. The molecule has 0 amide bonds. The Morgan fingerprint density at radius 1 is 1.22 bits per heavy atom. The number of benzene rings is 1. The van der Waals surface area contributed by atoms with Crippen LogP contribution in [0.2, 0.25) is 5.02 Å². The van der Waals surface area contributed by atoms with Crippen LogP contribution in [0.15, 0.2) is 30.3 Å². The highest BCUT2D eigenvalue weighted by molar-refractivity contribution is 7.88. The maximum atomic E-state index is 12.2. The Morgan fingerprint density at radius 2 is 1.96 bits per heavy atom. The summed E-state index contributed by atoms with van der Waals surface area (Å²) in [5, 5.41) is 0.514. The Labute approximate surface area is 141 Å². The van der Waals surface area contributed by atoms with Crippen LogP contribution in [0, 0.1) is 6.92 Å². The minimum atomic E-state index is -3.48. The molecule has 0 aliphatic carbocycles. The van der Waals surface area contributed by atoms with E-state index < -0.39 is 10.0 Å². The molecule has 6 nitrogen and oxygen atoms in total. The fourth-order valence-electron chi connectivity index (χ4n) is 1.99. The average Bonchev–Trinajstić information content (AvgIpc) is 2.44. The molecule has 0 aliphatic rings. The number of aryl methyl sites for hydroxylation is 1. The van der Waals surface area contributed by atoms with E-state index in [2.05, 4.69) is 14.7 Å². The molecule has 1 aromatic carbocycles. The third kappa shape index (κ3) is 5.46. The summed E-state index contributed by atoms with van der Waals surface area (Å²) in [6.45, 7) is 1.96. The Bertz CT molecular complexity index is 794. The van der Waals surface area contributed by atoms with Gasteiger partial charge in [-0.1, -0.05) is 23.7 Å². The molecule has 0 atom stereocenters. The van der Waals surface area contributed by atoms with Gasteiger partial charge in [0.2, 0.25) is 16.0 Å². The molecule has 0 aliphatic heterocycles. The van der Waals surface area contributed by atoms with Crippen LogP contribution in [0.3, 0.4) is 0 Å². The van der Waals surface area contributed by atoms with Crippen molar-refractivity contribution in [2.24, 2.45) is 0 Å². The van der Waals surface area contributed by atoms with Crippen LogP contribution in [-0.2, 0) is 22.3 Å². The van der Waals surface area contributed by atoms with Crippen LogP contribution < -0.4 is 9.62 Å². The number of anilines is 1. The Kier molecular flexibility index (Phi) is 5.56. The van der Waals surface area contributed by atoms with E-state index in [1.165, 1.54) is 0 Å². The van der Waals surface area contributed by atoms with Gasteiger partial charge in [-0.2, -0.15) is 0 Å². The fourth-order valence-corrected chi connectivity index (χ4v) is 3.29. The number of nitrogens with zero attached hydrogens (tertiary/aromatic N) is 3. The molecule has 124 valence electrons. The molecule has 1 N–H and O–H groups in total. The quantitative estimate of drug-likeness (QED) is 0.860. The number of hydrogen-bond donors (Lipinski definition) is 1. The van der Waals surface area contributed by atoms with Crippen LogP contribution in [-0.4, -0.2) is 32.5 Å². The van der Waals surface area contributed by atoms with Crippen LogP contribution in [0.5, 0.6) is 0 Å². The van der Waals surface area contributed by atoms with Crippen molar-refractivity contribution in [1.29, 1.82) is 0 Å². The summed E-state index contributed by atoms with van der Waals surface area (Å²) in [5.41, 5.74) is 2.04. The maximum Gasteiger partial charge on any atom is 0.225 e. The molecule has 0 spiro atoms. The van der Waals surface area contributed by atoms with Crippen LogP contribution in [0.1, 0.15) is 17.0 Å². The smallest absolute Gasteiger partial charge is 0.225 e. The second kappa shape index (κ2) is 7.25. The van der Waals surface area contributed by atoms with Crippen LogP contribution >= 0.6 is 11.6 Å². The Morgan fingerprint density at radius 3 is 2.61 bits per heavy atom. The van der Waals surface area contributed by atoms with Gasteiger partial charge in [-0.05, 0) is 30.7 Å². The monoisotopic (exact) mass is 354 g/mol. The van der Waals surface area contributed by atoms with E-state index in [1.807, 2.05) is 21.0 Å². The van der Waals surface area contributed by atoms with Gasteiger partial charge in [0.05, 0.1) is 18.0 Å². The van der Waals surface area contributed by atoms with Gasteiger partial charge in [0.15, 0.2) is 0 Å². The van der Waals surface area contributed by atoms with Crippen molar-refractivity contribution in [2.45, 2.75) is 19.2 Å². The van der Waals surface area contributed by atoms with E-state index in [0.717, 1.165) is 5.69 Å². The summed E-state index contributed by atoms with van der Waals surface area (Å²) in [4.78, 5) is 10.4. The first kappa shape index (κ1) is 17.7. The normalized spacial score (nSPS) is 11.5. The zero-order valence-corrected chi connectivity index (χ0v) is 14.8. The van der Waals surface area contributed by atoms with E-state index in [1.54, 1.807) is 35.2 Å². The Hall–Kier alpha value is -1.70. The van der Waals surface area contributed by atoms with Gasteiger partial charge >= 0.3 is 0 Å². The highest BCUT2D eigenvalue weighted by Gasteiger charge is 2.13. The van der Waals surface area contributed by atoms with Gasteiger partial charge in [0.1, 0.15) is 0 Å². The van der Waals surface area contributed by atoms with Gasteiger partial charge in [0.25, 0.3) is 0 Å². The molecule has 2 aromatic rings. The number of aromatic nitrogens is 2. The minimum absolute atomic E-state index is 0.118. The highest BCUT2D eigenvalue weighted by Crippen LogP contribution is 2.13. The van der Waals surface area contributed by atoms with Crippen molar-refractivity contribution in [3.05, 3.63) is 52.3 Å². The van der Waals surface area contributed by atoms with Crippen molar-refractivity contribution in [1.82, 2.24) is 14.7 Å². The summed E-state index contributed by atoms with van der Waals surface area (Å²) in [6.07, 6.45) is 0. The molecule has 0 radical (unpaired) electrons. The molecule has 8 heteroatoms. The maximum absolute atomic E-state index is 12.2. The summed E-state index contributed by atoms with van der Waals surface area (Å²) in [7, 11) is 0.192. The van der Waals surface area contributed by atoms with Gasteiger partial charge in [0, 0.05) is 24.8 Å². The van der Waals surface area contributed by atoms with Crippen LogP contribution in [0.25, 0.3) is 0 Å². The second-order valence-electron chi connectivity index (χ2n) is 5.41. The lowest BCUT2D eigenvalue weighted by Crippen LogP contribution is -2.26. The summed E-state index contributed by atoms with van der Waals surface area (Å²) in [5.74, 6) is 0.423.